The molecule has 0 amide bonds. The summed E-state index contributed by atoms with van der Waals surface area (Å²) in [5, 5.41) is 7.98. The molecule has 4 rings (SSSR count). The zero-order valence-electron chi connectivity index (χ0n) is 11.3. The Hall–Kier alpha value is -2.47. The molecular weight excluding hydrogens is 268 g/mol. The van der Waals surface area contributed by atoms with E-state index >= 15 is 0 Å². The molecule has 1 aliphatic carbocycles. The Kier molecular flexibility index (Phi) is 2.82. The van der Waals surface area contributed by atoms with Gasteiger partial charge < -0.3 is 14.8 Å². The van der Waals surface area contributed by atoms with Crippen molar-refractivity contribution < 1.29 is 9.05 Å². The van der Waals surface area contributed by atoms with Gasteiger partial charge in [-0.3, -0.25) is 0 Å². The molecule has 1 saturated carbocycles. The third-order valence-corrected chi connectivity index (χ3v) is 3.60. The summed E-state index contributed by atoms with van der Waals surface area (Å²) in [6.45, 7) is 0.515. The fraction of sp³-hybridized carbons (Fsp3) is 0.267. The standard InChI is InChI=1S/C15H14N4O2/c16-8-9-1-3-11(4-2-9)14-17-15(21-19-14)12-7-13(20-18-12)10-5-6-10/h1-4,7,10H,5-6,8,16H2. The van der Waals surface area contributed by atoms with Crippen LogP contribution in [0, 0.1) is 0 Å². The van der Waals surface area contributed by atoms with Crippen LogP contribution < -0.4 is 5.73 Å². The van der Waals surface area contributed by atoms with Crippen molar-refractivity contribution in [3.05, 3.63) is 41.7 Å². The monoisotopic (exact) mass is 282 g/mol. The average Bonchev–Trinajstić information content (AvgIpc) is 3.07. The number of benzene rings is 1. The molecule has 2 heterocycles. The summed E-state index contributed by atoms with van der Waals surface area (Å²) in [5.41, 5.74) is 8.12. The number of rotatable bonds is 4. The molecule has 6 heteroatoms. The lowest BCUT2D eigenvalue weighted by Gasteiger charge is -1.97. The molecule has 0 saturated heterocycles. The molecule has 0 spiro atoms. The fourth-order valence-corrected chi connectivity index (χ4v) is 2.19. The van der Waals surface area contributed by atoms with Crippen LogP contribution >= 0.6 is 0 Å². The third-order valence-electron chi connectivity index (χ3n) is 3.60. The zero-order chi connectivity index (χ0) is 14.2. The lowest BCUT2D eigenvalue weighted by molar-refractivity contribution is 0.379. The van der Waals surface area contributed by atoms with E-state index in [2.05, 4.69) is 15.3 Å². The Morgan fingerprint density at radius 1 is 1.10 bits per heavy atom. The van der Waals surface area contributed by atoms with E-state index in [0.29, 0.717) is 29.9 Å². The van der Waals surface area contributed by atoms with E-state index in [9.17, 15) is 0 Å². The van der Waals surface area contributed by atoms with Crippen LogP contribution in [0.25, 0.3) is 23.0 Å². The molecule has 3 aromatic rings. The van der Waals surface area contributed by atoms with Crippen LogP contribution in [-0.4, -0.2) is 15.3 Å². The molecule has 0 atom stereocenters. The second-order valence-electron chi connectivity index (χ2n) is 5.21. The summed E-state index contributed by atoms with van der Waals surface area (Å²) >= 11 is 0. The normalized spacial score (nSPS) is 14.5. The van der Waals surface area contributed by atoms with Crippen molar-refractivity contribution in [1.82, 2.24) is 15.3 Å². The Morgan fingerprint density at radius 3 is 2.62 bits per heavy atom. The van der Waals surface area contributed by atoms with Crippen LogP contribution in [0.5, 0.6) is 0 Å². The summed E-state index contributed by atoms with van der Waals surface area (Å²) in [6, 6.07) is 9.64. The Morgan fingerprint density at radius 2 is 1.90 bits per heavy atom. The van der Waals surface area contributed by atoms with Crippen molar-refractivity contribution in [2.24, 2.45) is 5.73 Å². The van der Waals surface area contributed by atoms with E-state index < -0.39 is 0 Å². The Bertz CT molecular complexity index is 756. The van der Waals surface area contributed by atoms with Gasteiger partial charge in [0.05, 0.1) is 0 Å². The molecular formula is C15H14N4O2. The molecule has 21 heavy (non-hydrogen) atoms. The van der Waals surface area contributed by atoms with Crippen molar-refractivity contribution in [2.45, 2.75) is 25.3 Å². The maximum absolute atomic E-state index is 5.58. The first-order chi connectivity index (χ1) is 10.3. The van der Waals surface area contributed by atoms with Crippen LogP contribution in [0.1, 0.15) is 30.1 Å². The van der Waals surface area contributed by atoms with Crippen molar-refractivity contribution in [1.29, 1.82) is 0 Å². The summed E-state index contributed by atoms with van der Waals surface area (Å²) in [5.74, 6) is 2.32. The van der Waals surface area contributed by atoms with Gasteiger partial charge in [-0.2, -0.15) is 4.98 Å². The largest absolute Gasteiger partial charge is 0.360 e. The van der Waals surface area contributed by atoms with E-state index in [1.807, 2.05) is 30.3 Å². The molecule has 1 fully saturated rings. The Balaban J connectivity index is 1.61. The Labute approximate surface area is 120 Å². The first-order valence-electron chi connectivity index (χ1n) is 6.93. The number of nitrogens with two attached hydrogens (primary N) is 1. The fourth-order valence-electron chi connectivity index (χ4n) is 2.19. The van der Waals surface area contributed by atoms with Crippen molar-refractivity contribution in [3.63, 3.8) is 0 Å². The van der Waals surface area contributed by atoms with Gasteiger partial charge in [-0.25, -0.2) is 0 Å². The second kappa shape index (κ2) is 4.82. The molecule has 0 bridgehead atoms. The highest BCUT2D eigenvalue weighted by Gasteiger charge is 2.28. The van der Waals surface area contributed by atoms with Crippen molar-refractivity contribution >= 4 is 0 Å². The van der Waals surface area contributed by atoms with Gasteiger partial charge in [0, 0.05) is 24.1 Å². The van der Waals surface area contributed by atoms with Crippen molar-refractivity contribution in [3.8, 4) is 23.0 Å². The topological polar surface area (TPSA) is 91.0 Å². The average molecular weight is 282 g/mol. The number of aromatic nitrogens is 3. The molecule has 106 valence electrons. The summed E-state index contributed by atoms with van der Waals surface area (Å²) in [7, 11) is 0. The van der Waals surface area contributed by atoms with Gasteiger partial charge in [-0.05, 0) is 18.4 Å². The minimum atomic E-state index is 0.378. The predicted molar refractivity (Wildman–Crippen MR) is 75.1 cm³/mol. The van der Waals surface area contributed by atoms with E-state index in [4.69, 9.17) is 14.8 Å². The highest BCUT2D eigenvalue weighted by atomic mass is 16.5. The van der Waals surface area contributed by atoms with Crippen LogP contribution in [-0.2, 0) is 6.54 Å². The minimum absolute atomic E-state index is 0.378. The highest BCUT2D eigenvalue weighted by Crippen LogP contribution is 2.41. The molecule has 6 nitrogen and oxygen atoms in total. The maximum atomic E-state index is 5.58. The zero-order valence-corrected chi connectivity index (χ0v) is 11.3. The molecule has 0 radical (unpaired) electrons. The predicted octanol–water partition coefficient (Wildman–Crippen LogP) is 2.73. The first-order valence-corrected chi connectivity index (χ1v) is 6.93. The molecule has 1 aliphatic rings. The smallest absolute Gasteiger partial charge is 0.280 e. The van der Waals surface area contributed by atoms with E-state index in [1.165, 1.54) is 0 Å². The van der Waals surface area contributed by atoms with Gasteiger partial charge in [0.25, 0.3) is 5.89 Å². The number of hydrogen-bond acceptors (Lipinski definition) is 6. The SMILES string of the molecule is NCc1ccc(-c2noc(-c3cc(C4CC4)on3)n2)cc1. The highest BCUT2D eigenvalue weighted by molar-refractivity contribution is 5.58. The summed E-state index contributed by atoms with van der Waals surface area (Å²) in [4.78, 5) is 4.37. The van der Waals surface area contributed by atoms with Gasteiger partial charge >= 0.3 is 0 Å². The molecule has 0 unspecified atom stereocenters. The van der Waals surface area contributed by atoms with E-state index in [0.717, 1.165) is 29.7 Å². The van der Waals surface area contributed by atoms with Crippen molar-refractivity contribution in [2.75, 3.05) is 0 Å². The molecule has 1 aromatic carbocycles. The minimum Gasteiger partial charge on any atom is -0.360 e. The van der Waals surface area contributed by atoms with Gasteiger partial charge in [-0.1, -0.05) is 34.6 Å². The summed E-state index contributed by atoms with van der Waals surface area (Å²) in [6.07, 6.45) is 2.33. The van der Waals surface area contributed by atoms with Crippen LogP contribution in [0.2, 0.25) is 0 Å². The lowest BCUT2D eigenvalue weighted by Crippen LogP contribution is -1.95. The number of nitrogens with zero attached hydrogens (tertiary/aromatic N) is 3. The third kappa shape index (κ3) is 2.34. The van der Waals surface area contributed by atoms with Crippen LogP contribution in [0.3, 0.4) is 0 Å². The van der Waals surface area contributed by atoms with Crippen LogP contribution in [0.15, 0.2) is 39.4 Å². The van der Waals surface area contributed by atoms with Gasteiger partial charge in [0.2, 0.25) is 5.82 Å². The van der Waals surface area contributed by atoms with Gasteiger partial charge in [-0.15, -0.1) is 0 Å². The lowest BCUT2D eigenvalue weighted by atomic mass is 10.1. The van der Waals surface area contributed by atoms with E-state index in [1.54, 1.807) is 0 Å². The van der Waals surface area contributed by atoms with Gasteiger partial charge in [0.1, 0.15) is 5.76 Å². The summed E-state index contributed by atoms with van der Waals surface area (Å²) < 4.78 is 10.6. The molecule has 2 aromatic heterocycles. The molecule has 2 N–H and O–H groups in total. The molecule has 0 aliphatic heterocycles. The second-order valence-corrected chi connectivity index (χ2v) is 5.21. The van der Waals surface area contributed by atoms with E-state index in [-0.39, 0.29) is 0 Å². The van der Waals surface area contributed by atoms with Crippen LogP contribution in [0.4, 0.5) is 0 Å². The van der Waals surface area contributed by atoms with Gasteiger partial charge in [0.15, 0.2) is 5.69 Å². The first kappa shape index (κ1) is 12.3. The maximum Gasteiger partial charge on any atom is 0.280 e. The number of hydrogen-bond donors (Lipinski definition) is 1. The quantitative estimate of drug-likeness (QED) is 0.791.